The maximum absolute atomic E-state index is 13.5. The molecule has 0 radical (unpaired) electrons. The molecule has 6 heteroatoms. The first-order chi connectivity index (χ1) is 13.3. The van der Waals surface area contributed by atoms with Crippen LogP contribution in [-0.4, -0.2) is 41.8 Å². The Labute approximate surface area is 165 Å². The van der Waals surface area contributed by atoms with Gasteiger partial charge in [-0.25, -0.2) is 0 Å². The average Bonchev–Trinajstić information content (AvgIpc) is 3.23. The van der Waals surface area contributed by atoms with E-state index in [1.807, 2.05) is 6.07 Å². The minimum absolute atomic E-state index is 0.00306. The molecule has 154 valence electrons. The number of Topliss-reactive ketones (excluding diaryl/α,β-unsaturated/α-hetero) is 1. The Morgan fingerprint density at radius 1 is 1.43 bits per heavy atom. The minimum Gasteiger partial charge on any atom is -0.472 e. The molecule has 3 fully saturated rings. The Hall–Kier alpha value is -1.66. The Morgan fingerprint density at radius 2 is 2.18 bits per heavy atom. The van der Waals surface area contributed by atoms with Gasteiger partial charge in [0.05, 0.1) is 30.7 Å². The summed E-state index contributed by atoms with van der Waals surface area (Å²) in [4.78, 5) is 25.1. The van der Waals surface area contributed by atoms with Crippen molar-refractivity contribution in [2.45, 2.75) is 64.6 Å². The molecule has 0 aromatic carbocycles. The number of carbonyl (C=O) groups is 2. The van der Waals surface area contributed by atoms with Crippen LogP contribution in [0.4, 0.5) is 0 Å². The quantitative estimate of drug-likeness (QED) is 0.614. The third-order valence-electron chi connectivity index (χ3n) is 7.93. The fourth-order valence-electron chi connectivity index (χ4n) is 6.07. The molecule has 1 spiro atoms. The number of epoxide rings is 1. The van der Waals surface area contributed by atoms with Crippen molar-refractivity contribution in [3.63, 3.8) is 0 Å². The Bertz CT molecular complexity index is 751. The SMILES string of the molecule is CC(=O)OCC12C(=O)CC(C)C(C)(CCc3ccoc3)C1C(O)CCC21CO1. The van der Waals surface area contributed by atoms with Gasteiger partial charge >= 0.3 is 5.97 Å². The monoisotopic (exact) mass is 390 g/mol. The van der Waals surface area contributed by atoms with Crippen LogP contribution in [-0.2, 0) is 25.5 Å². The van der Waals surface area contributed by atoms with Crippen LogP contribution in [0.5, 0.6) is 0 Å². The molecular formula is C22H30O6. The van der Waals surface area contributed by atoms with E-state index in [0.29, 0.717) is 25.9 Å². The standard InChI is InChI=1S/C22H30O6/c1-14-10-18(25)22(13-27-15(2)23)19(17(24)5-8-21(22)12-28-21)20(14,3)7-4-16-6-9-26-11-16/h6,9,11,14,17,19,24H,4-5,7-8,10,12-13H2,1-3H3. The second-order valence-electron chi connectivity index (χ2n) is 9.28. The van der Waals surface area contributed by atoms with Crippen LogP contribution in [0.3, 0.4) is 0 Å². The highest BCUT2D eigenvalue weighted by atomic mass is 16.6. The van der Waals surface area contributed by atoms with Crippen molar-refractivity contribution in [2.24, 2.45) is 22.7 Å². The van der Waals surface area contributed by atoms with Gasteiger partial charge in [-0.05, 0) is 48.6 Å². The molecule has 1 aromatic heterocycles. The van der Waals surface area contributed by atoms with Crippen molar-refractivity contribution >= 4 is 11.8 Å². The number of aryl methyl sites for hydroxylation is 1. The van der Waals surface area contributed by atoms with E-state index in [0.717, 1.165) is 18.4 Å². The summed E-state index contributed by atoms with van der Waals surface area (Å²) in [5.74, 6) is -0.525. The fourth-order valence-corrected chi connectivity index (χ4v) is 6.07. The third kappa shape index (κ3) is 2.76. The largest absolute Gasteiger partial charge is 0.472 e. The number of fused-ring (bicyclic) bond motifs is 2. The first-order valence-corrected chi connectivity index (χ1v) is 10.2. The molecule has 28 heavy (non-hydrogen) atoms. The fraction of sp³-hybridized carbons (Fsp3) is 0.727. The van der Waals surface area contributed by atoms with Gasteiger partial charge in [0.15, 0.2) is 0 Å². The van der Waals surface area contributed by atoms with E-state index >= 15 is 0 Å². The van der Waals surface area contributed by atoms with Crippen molar-refractivity contribution in [2.75, 3.05) is 13.2 Å². The van der Waals surface area contributed by atoms with Gasteiger partial charge in [0.25, 0.3) is 0 Å². The molecule has 0 bridgehead atoms. The summed E-state index contributed by atoms with van der Waals surface area (Å²) in [5.41, 5.74) is -0.739. The van der Waals surface area contributed by atoms with E-state index in [2.05, 4.69) is 13.8 Å². The summed E-state index contributed by atoms with van der Waals surface area (Å²) < 4.78 is 16.6. The zero-order valence-electron chi connectivity index (χ0n) is 16.9. The number of ether oxygens (including phenoxy) is 2. The van der Waals surface area contributed by atoms with Crippen molar-refractivity contribution in [3.8, 4) is 0 Å². The maximum atomic E-state index is 13.5. The first kappa shape index (κ1) is 19.6. The Morgan fingerprint density at radius 3 is 2.79 bits per heavy atom. The molecule has 2 aliphatic carbocycles. The molecule has 4 rings (SSSR count). The number of carbonyl (C=O) groups excluding carboxylic acids is 2. The smallest absolute Gasteiger partial charge is 0.302 e. The maximum Gasteiger partial charge on any atom is 0.302 e. The zero-order valence-corrected chi connectivity index (χ0v) is 16.9. The second-order valence-corrected chi connectivity index (χ2v) is 9.28. The summed E-state index contributed by atoms with van der Waals surface area (Å²) in [5, 5.41) is 11.2. The molecule has 2 heterocycles. The summed E-state index contributed by atoms with van der Waals surface area (Å²) >= 11 is 0. The van der Waals surface area contributed by atoms with Gasteiger partial charge < -0.3 is 19.0 Å². The van der Waals surface area contributed by atoms with E-state index in [1.165, 1.54) is 6.92 Å². The van der Waals surface area contributed by atoms with Crippen LogP contribution >= 0.6 is 0 Å². The summed E-state index contributed by atoms with van der Waals surface area (Å²) in [6, 6.07) is 1.96. The van der Waals surface area contributed by atoms with Crippen molar-refractivity contribution in [1.29, 1.82) is 0 Å². The van der Waals surface area contributed by atoms with Gasteiger partial charge in [-0.3, -0.25) is 9.59 Å². The van der Waals surface area contributed by atoms with Gasteiger partial charge in [0.2, 0.25) is 0 Å². The highest BCUT2D eigenvalue weighted by Gasteiger charge is 2.76. The van der Waals surface area contributed by atoms with Crippen LogP contribution in [0, 0.1) is 22.7 Å². The van der Waals surface area contributed by atoms with Crippen LogP contribution in [0.2, 0.25) is 0 Å². The molecule has 2 saturated carbocycles. The predicted molar refractivity (Wildman–Crippen MR) is 100 cm³/mol. The van der Waals surface area contributed by atoms with E-state index in [9.17, 15) is 14.7 Å². The van der Waals surface area contributed by atoms with Gasteiger partial charge in [-0.1, -0.05) is 13.8 Å². The zero-order chi connectivity index (χ0) is 20.2. The highest BCUT2D eigenvalue weighted by molar-refractivity contribution is 5.89. The van der Waals surface area contributed by atoms with Crippen LogP contribution in [0.15, 0.2) is 23.0 Å². The average molecular weight is 390 g/mol. The van der Waals surface area contributed by atoms with Crippen LogP contribution in [0.25, 0.3) is 0 Å². The van der Waals surface area contributed by atoms with E-state index in [1.54, 1.807) is 12.5 Å². The van der Waals surface area contributed by atoms with Crippen LogP contribution in [0.1, 0.15) is 52.0 Å². The van der Waals surface area contributed by atoms with Gasteiger partial charge in [0.1, 0.15) is 18.0 Å². The molecule has 1 saturated heterocycles. The lowest BCUT2D eigenvalue weighted by Gasteiger charge is -2.60. The van der Waals surface area contributed by atoms with Gasteiger partial charge in [0, 0.05) is 19.3 Å². The summed E-state index contributed by atoms with van der Waals surface area (Å²) in [7, 11) is 0. The highest BCUT2D eigenvalue weighted by Crippen LogP contribution is 2.67. The van der Waals surface area contributed by atoms with Gasteiger partial charge in [-0.2, -0.15) is 0 Å². The topological polar surface area (TPSA) is 89.3 Å². The summed E-state index contributed by atoms with van der Waals surface area (Å²) in [6.45, 7) is 6.14. The number of hydrogen-bond donors (Lipinski definition) is 1. The number of aliphatic hydroxyl groups is 1. The Balaban J connectivity index is 1.74. The third-order valence-corrected chi connectivity index (χ3v) is 7.93. The molecule has 6 atom stereocenters. The van der Waals surface area contributed by atoms with E-state index in [-0.39, 0.29) is 29.6 Å². The lowest BCUT2D eigenvalue weighted by molar-refractivity contribution is -0.203. The molecule has 6 nitrogen and oxygen atoms in total. The number of aliphatic hydroxyl groups excluding tert-OH is 1. The predicted octanol–water partition coefficient (Wildman–Crippen LogP) is 2.92. The minimum atomic E-state index is -0.964. The first-order valence-electron chi connectivity index (χ1n) is 10.2. The van der Waals surface area contributed by atoms with E-state index in [4.69, 9.17) is 13.9 Å². The second kappa shape index (κ2) is 6.70. The molecule has 6 unspecified atom stereocenters. The Kier molecular flexibility index (Phi) is 4.70. The number of furan rings is 1. The molecule has 1 aliphatic heterocycles. The molecule has 3 aliphatic rings. The molecule has 1 aromatic rings. The molecular weight excluding hydrogens is 360 g/mol. The number of rotatable bonds is 5. The van der Waals surface area contributed by atoms with Crippen molar-refractivity contribution in [3.05, 3.63) is 24.2 Å². The molecule has 0 amide bonds. The van der Waals surface area contributed by atoms with Crippen LogP contribution < -0.4 is 0 Å². The summed E-state index contributed by atoms with van der Waals surface area (Å²) in [6.07, 6.45) is 6.07. The number of ketones is 1. The van der Waals surface area contributed by atoms with Crippen molar-refractivity contribution < 1.29 is 28.6 Å². The van der Waals surface area contributed by atoms with E-state index < -0.39 is 23.1 Å². The number of hydrogen-bond acceptors (Lipinski definition) is 6. The lowest BCUT2D eigenvalue weighted by Crippen LogP contribution is -2.68. The van der Waals surface area contributed by atoms with Crippen molar-refractivity contribution in [1.82, 2.24) is 0 Å². The molecule has 1 N–H and O–H groups in total. The van der Waals surface area contributed by atoms with Gasteiger partial charge in [-0.15, -0.1) is 0 Å². The number of esters is 1. The lowest BCUT2D eigenvalue weighted by atomic mass is 9.42. The normalized spacial score (nSPS) is 42.3.